The van der Waals surface area contributed by atoms with E-state index in [4.69, 9.17) is 0 Å². The second kappa shape index (κ2) is 4.91. The van der Waals surface area contributed by atoms with E-state index in [0.29, 0.717) is 17.1 Å². The molecule has 2 rings (SSSR count). The monoisotopic (exact) mass is 261 g/mol. The lowest BCUT2D eigenvalue weighted by molar-refractivity contribution is -0.655. The molecule has 0 spiro atoms. The summed E-state index contributed by atoms with van der Waals surface area (Å²) in [6.07, 6.45) is 1.13. The topological polar surface area (TPSA) is 86.0 Å². The van der Waals surface area contributed by atoms with E-state index < -0.39 is 0 Å². The lowest BCUT2D eigenvalue weighted by Crippen LogP contribution is -2.99. The molecule has 1 aliphatic heterocycles. The van der Waals surface area contributed by atoms with E-state index in [1.807, 2.05) is 0 Å². The standard InChI is InChI=1S/C13H15N3O3/c1-7-4-10(15-11(18)5-8(2)17)9(3)12-13(7)16(19)6-14-12/h4,6,16H,5H2,1-3H3,(H,15,18). The highest BCUT2D eigenvalue weighted by atomic mass is 16.5. The molecular weight excluding hydrogens is 246 g/mol. The van der Waals surface area contributed by atoms with Gasteiger partial charge in [-0.1, -0.05) is 0 Å². The number of amides is 1. The number of ketones is 1. The maximum absolute atomic E-state index is 11.6. The van der Waals surface area contributed by atoms with E-state index in [-0.39, 0.29) is 23.2 Å². The molecule has 1 amide bonds. The number of aliphatic imine (C=N–C) groups is 1. The van der Waals surface area contributed by atoms with E-state index in [0.717, 1.165) is 11.1 Å². The molecule has 0 bridgehead atoms. The molecule has 0 aromatic heterocycles. The number of hydrogen-bond donors (Lipinski definition) is 2. The molecule has 1 aliphatic rings. The van der Waals surface area contributed by atoms with Crippen molar-refractivity contribution in [2.24, 2.45) is 4.99 Å². The van der Waals surface area contributed by atoms with Gasteiger partial charge in [-0.2, -0.15) is 4.99 Å². The van der Waals surface area contributed by atoms with Crippen LogP contribution in [0.2, 0.25) is 0 Å². The van der Waals surface area contributed by atoms with Crippen molar-refractivity contribution in [2.75, 3.05) is 5.32 Å². The third-order valence-corrected chi connectivity index (χ3v) is 2.99. The number of fused-ring (bicyclic) bond motifs is 1. The van der Waals surface area contributed by atoms with Gasteiger partial charge in [0.1, 0.15) is 11.5 Å². The number of hydroxylamine groups is 1. The van der Waals surface area contributed by atoms with Crippen LogP contribution in [0.4, 0.5) is 17.1 Å². The predicted molar refractivity (Wildman–Crippen MR) is 72.0 cm³/mol. The first kappa shape index (κ1) is 13.4. The number of carbonyl (C=O) groups is 2. The lowest BCUT2D eigenvalue weighted by Gasteiger charge is -2.17. The van der Waals surface area contributed by atoms with E-state index in [9.17, 15) is 14.8 Å². The summed E-state index contributed by atoms with van der Waals surface area (Å²) in [5, 5.41) is 14.2. The van der Waals surface area contributed by atoms with Crippen LogP contribution < -0.4 is 10.4 Å². The molecular formula is C13H15N3O3. The number of nitrogens with zero attached hydrogens (tertiary/aromatic N) is 1. The molecule has 1 heterocycles. The second-order valence-corrected chi connectivity index (χ2v) is 4.64. The average molecular weight is 261 g/mol. The van der Waals surface area contributed by atoms with Gasteiger partial charge in [-0.25, -0.2) is 0 Å². The molecule has 1 unspecified atom stereocenters. The quantitative estimate of drug-likeness (QED) is 0.626. The first-order valence-electron chi connectivity index (χ1n) is 5.92. The fourth-order valence-electron chi connectivity index (χ4n) is 2.11. The Bertz CT molecular complexity index is 593. The molecule has 6 nitrogen and oxygen atoms in total. The molecule has 100 valence electrons. The van der Waals surface area contributed by atoms with E-state index in [2.05, 4.69) is 10.3 Å². The predicted octanol–water partition coefficient (Wildman–Crippen LogP) is 0.909. The van der Waals surface area contributed by atoms with Crippen LogP contribution in [0.25, 0.3) is 0 Å². The molecule has 1 atom stereocenters. The van der Waals surface area contributed by atoms with Crippen LogP contribution >= 0.6 is 0 Å². The van der Waals surface area contributed by atoms with Crippen molar-refractivity contribution in [3.8, 4) is 0 Å². The summed E-state index contributed by atoms with van der Waals surface area (Å²) in [6.45, 7) is 4.95. The van der Waals surface area contributed by atoms with Crippen molar-refractivity contribution in [3.05, 3.63) is 22.4 Å². The second-order valence-electron chi connectivity index (χ2n) is 4.64. The molecule has 0 saturated carbocycles. The maximum Gasteiger partial charge on any atom is 0.231 e. The summed E-state index contributed by atoms with van der Waals surface area (Å²) in [4.78, 5) is 26.6. The van der Waals surface area contributed by atoms with Gasteiger partial charge < -0.3 is 10.5 Å². The summed E-state index contributed by atoms with van der Waals surface area (Å²) in [5.41, 5.74) is 3.28. The normalized spacial score (nSPS) is 16.3. The number of carbonyl (C=O) groups excluding carboxylic acids is 2. The van der Waals surface area contributed by atoms with Crippen molar-refractivity contribution in [2.45, 2.75) is 27.2 Å². The molecule has 0 aliphatic carbocycles. The Balaban J connectivity index is 2.34. The summed E-state index contributed by atoms with van der Waals surface area (Å²) in [5.74, 6) is -0.551. The molecule has 0 saturated heterocycles. The average Bonchev–Trinajstić information content (AvgIpc) is 2.67. The number of anilines is 1. The Labute approximate surface area is 110 Å². The molecule has 1 aromatic carbocycles. The van der Waals surface area contributed by atoms with Gasteiger partial charge in [0.15, 0.2) is 12.0 Å². The zero-order valence-corrected chi connectivity index (χ0v) is 11.0. The highest BCUT2D eigenvalue weighted by Gasteiger charge is 2.23. The number of rotatable bonds is 3. The van der Waals surface area contributed by atoms with E-state index in [1.54, 1.807) is 19.9 Å². The Hall–Kier alpha value is -2.05. The van der Waals surface area contributed by atoms with Crippen molar-refractivity contribution in [1.82, 2.24) is 0 Å². The van der Waals surface area contributed by atoms with Gasteiger partial charge in [-0.05, 0) is 26.8 Å². The third-order valence-electron chi connectivity index (χ3n) is 2.99. The lowest BCUT2D eigenvalue weighted by atomic mass is 10.1. The van der Waals surface area contributed by atoms with E-state index >= 15 is 0 Å². The highest BCUT2D eigenvalue weighted by Crippen LogP contribution is 2.36. The Morgan fingerprint density at radius 1 is 1.42 bits per heavy atom. The Morgan fingerprint density at radius 3 is 2.74 bits per heavy atom. The van der Waals surface area contributed by atoms with Gasteiger partial charge in [0, 0.05) is 16.8 Å². The smallest absolute Gasteiger partial charge is 0.231 e. The van der Waals surface area contributed by atoms with Crippen molar-refractivity contribution in [1.29, 1.82) is 0 Å². The maximum atomic E-state index is 11.6. The summed E-state index contributed by atoms with van der Waals surface area (Å²) in [6, 6.07) is 1.73. The summed E-state index contributed by atoms with van der Waals surface area (Å²) >= 11 is 0. The minimum atomic E-state index is -0.358. The molecule has 2 N–H and O–H groups in total. The van der Waals surface area contributed by atoms with Crippen molar-refractivity contribution in [3.63, 3.8) is 0 Å². The van der Waals surface area contributed by atoms with Crippen LogP contribution in [0.3, 0.4) is 0 Å². The number of benzene rings is 1. The van der Waals surface area contributed by atoms with Gasteiger partial charge in [-0.15, -0.1) is 0 Å². The van der Waals surface area contributed by atoms with Crippen LogP contribution in [0.5, 0.6) is 0 Å². The molecule has 6 heteroatoms. The third kappa shape index (κ3) is 2.54. The molecule has 1 aromatic rings. The zero-order chi connectivity index (χ0) is 14.2. The Kier molecular flexibility index (Phi) is 3.46. The van der Waals surface area contributed by atoms with Gasteiger partial charge >= 0.3 is 0 Å². The fourth-order valence-corrected chi connectivity index (χ4v) is 2.11. The largest absolute Gasteiger partial charge is 0.623 e. The van der Waals surface area contributed by atoms with Crippen molar-refractivity contribution >= 4 is 35.1 Å². The number of quaternary nitrogens is 1. The summed E-state index contributed by atoms with van der Waals surface area (Å²) < 4.78 is 0. The number of aryl methyl sites for hydroxylation is 1. The number of Topliss-reactive ketones (excluding diaryl/α,β-unsaturated/α-hetero) is 1. The van der Waals surface area contributed by atoms with Gasteiger partial charge in [0.25, 0.3) is 0 Å². The Morgan fingerprint density at radius 2 is 2.11 bits per heavy atom. The highest BCUT2D eigenvalue weighted by molar-refractivity contribution is 6.04. The fraction of sp³-hybridized carbons (Fsp3) is 0.308. The van der Waals surface area contributed by atoms with Crippen molar-refractivity contribution < 1.29 is 14.7 Å². The summed E-state index contributed by atoms with van der Waals surface area (Å²) in [7, 11) is 0. The number of hydrogen-bond acceptors (Lipinski definition) is 4. The van der Waals surface area contributed by atoms with Gasteiger partial charge in [0.05, 0.1) is 6.42 Å². The van der Waals surface area contributed by atoms with Crippen LogP contribution in [0, 0.1) is 19.1 Å². The molecule has 19 heavy (non-hydrogen) atoms. The zero-order valence-electron chi connectivity index (χ0n) is 11.0. The van der Waals surface area contributed by atoms with Crippen LogP contribution in [0.15, 0.2) is 11.1 Å². The molecule has 0 radical (unpaired) electrons. The van der Waals surface area contributed by atoms with Crippen LogP contribution in [0.1, 0.15) is 24.5 Å². The van der Waals surface area contributed by atoms with Crippen LogP contribution in [-0.2, 0) is 9.59 Å². The van der Waals surface area contributed by atoms with E-state index in [1.165, 1.54) is 13.3 Å². The van der Waals surface area contributed by atoms with Gasteiger partial charge in [0.2, 0.25) is 5.91 Å². The first-order valence-corrected chi connectivity index (χ1v) is 5.92. The van der Waals surface area contributed by atoms with Gasteiger partial charge in [-0.3, -0.25) is 14.7 Å². The minimum absolute atomic E-state index is 0.114. The number of nitrogens with one attached hydrogen (secondary N) is 2. The first-order chi connectivity index (χ1) is 8.90. The molecule has 0 fully saturated rings. The minimum Gasteiger partial charge on any atom is -0.623 e. The van der Waals surface area contributed by atoms with Crippen LogP contribution in [-0.4, -0.2) is 18.0 Å². The SMILES string of the molecule is CC(=O)CC(=O)Nc1cc(C)c2c(c1C)N=C[NH+]2[O-].